The van der Waals surface area contributed by atoms with Crippen molar-refractivity contribution in [2.45, 2.75) is 72.0 Å². The molecule has 3 heterocycles. The van der Waals surface area contributed by atoms with E-state index in [0.29, 0.717) is 32.0 Å². The molecule has 2 fully saturated rings. The first-order chi connectivity index (χ1) is 21.3. The summed E-state index contributed by atoms with van der Waals surface area (Å²) in [4.78, 5) is 31.2. The lowest BCUT2D eigenvalue weighted by molar-refractivity contribution is -0.147. The van der Waals surface area contributed by atoms with Crippen LogP contribution < -0.4 is 9.64 Å². The van der Waals surface area contributed by atoms with Gasteiger partial charge in [-0.1, -0.05) is 24.3 Å². The number of aryl methyl sites for hydroxylation is 1. The molecule has 0 radical (unpaired) electrons. The molecule has 8 nitrogen and oxygen atoms in total. The highest BCUT2D eigenvalue weighted by atomic mass is 32.1. The molecule has 2 atom stereocenters. The number of benzene rings is 2. The van der Waals surface area contributed by atoms with Crippen LogP contribution in [0.2, 0.25) is 0 Å². The number of para-hydroxylation sites is 1. The largest absolute Gasteiger partial charge is 0.488 e. The lowest BCUT2D eigenvalue weighted by atomic mass is 9.88. The summed E-state index contributed by atoms with van der Waals surface area (Å²) in [6.45, 7) is 9.03. The lowest BCUT2D eigenvalue weighted by Gasteiger charge is -2.35. The van der Waals surface area contributed by atoms with E-state index in [1.54, 1.807) is 25.4 Å². The molecule has 1 aromatic heterocycles. The molecule has 2 saturated heterocycles. The maximum Gasteiger partial charge on any atom is 0.309 e. The predicted octanol–water partition coefficient (Wildman–Crippen LogP) is 6.88. The zero-order valence-corrected chi connectivity index (χ0v) is 27.1. The number of nitrogens with zero attached hydrogens (tertiary/aromatic N) is 2. The number of ketones is 1. The summed E-state index contributed by atoms with van der Waals surface area (Å²) < 4.78 is 17.6. The van der Waals surface area contributed by atoms with E-state index >= 15 is 0 Å². The Labute approximate surface area is 264 Å². The van der Waals surface area contributed by atoms with E-state index in [-0.39, 0.29) is 11.9 Å². The number of anilines is 1. The fourth-order valence-corrected chi connectivity index (χ4v) is 7.42. The zero-order valence-electron chi connectivity index (χ0n) is 26.3. The second-order valence-electron chi connectivity index (χ2n) is 12.1. The molecule has 0 aliphatic carbocycles. The van der Waals surface area contributed by atoms with Crippen LogP contribution in [-0.4, -0.2) is 61.4 Å². The van der Waals surface area contributed by atoms with Gasteiger partial charge in [0.15, 0.2) is 10.9 Å². The molecule has 0 spiro atoms. The van der Waals surface area contributed by atoms with Crippen LogP contribution in [0.25, 0.3) is 11.3 Å². The number of ether oxygens (including phenoxy) is 3. The molecule has 2 aliphatic rings. The normalized spacial score (nSPS) is 19.2. The number of carbonyl (C=O) groups is 2. The first-order valence-electron chi connectivity index (χ1n) is 15.7. The zero-order chi connectivity index (χ0) is 31.2. The summed E-state index contributed by atoms with van der Waals surface area (Å²) in [5.74, 6) is 0.283. The third-order valence-corrected chi connectivity index (χ3v) is 10.2. The molecule has 44 heavy (non-hydrogen) atoms. The van der Waals surface area contributed by atoms with E-state index in [1.165, 1.54) is 0 Å². The van der Waals surface area contributed by atoms with Crippen LogP contribution in [0.4, 0.5) is 5.13 Å². The van der Waals surface area contributed by atoms with Crippen molar-refractivity contribution in [3.8, 4) is 17.0 Å². The van der Waals surface area contributed by atoms with Gasteiger partial charge in [-0.2, -0.15) is 0 Å². The molecule has 1 N–H and O–H groups in total. The minimum Gasteiger partial charge on any atom is -0.488 e. The highest BCUT2D eigenvalue weighted by molar-refractivity contribution is 7.14. The number of carboxylic acid groups (broad SMARTS) is 1. The van der Waals surface area contributed by atoms with Gasteiger partial charge < -0.3 is 24.2 Å². The molecule has 2 unspecified atom stereocenters. The number of piperidine rings is 1. The van der Waals surface area contributed by atoms with E-state index in [0.717, 1.165) is 95.3 Å². The average Bonchev–Trinajstić information content (AvgIpc) is 3.52. The van der Waals surface area contributed by atoms with Gasteiger partial charge in [-0.25, -0.2) is 4.98 Å². The third-order valence-electron chi connectivity index (χ3n) is 9.27. The Balaban J connectivity index is 1.31. The number of carbonyl (C=O) groups excluding carboxylic acids is 1. The third kappa shape index (κ3) is 7.33. The quantitative estimate of drug-likeness (QED) is 0.219. The Morgan fingerprint density at radius 1 is 1.14 bits per heavy atom. The Kier molecular flexibility index (Phi) is 10.7. The Bertz CT molecular complexity index is 1460. The van der Waals surface area contributed by atoms with Crippen molar-refractivity contribution in [2.24, 2.45) is 11.8 Å². The van der Waals surface area contributed by atoms with Crippen LogP contribution in [0, 0.1) is 25.7 Å². The first-order valence-corrected chi connectivity index (χ1v) is 16.5. The number of aromatic nitrogens is 1. The number of Topliss-reactive ketones (excluding diaryl/α,β-unsaturated/α-hetero) is 1. The van der Waals surface area contributed by atoms with E-state index in [1.807, 2.05) is 42.6 Å². The van der Waals surface area contributed by atoms with Gasteiger partial charge in [0.25, 0.3) is 0 Å². The van der Waals surface area contributed by atoms with Crippen LogP contribution in [0.3, 0.4) is 0 Å². The Hall–Kier alpha value is -3.27. The van der Waals surface area contributed by atoms with Crippen LogP contribution in [0.5, 0.6) is 5.75 Å². The van der Waals surface area contributed by atoms with Crippen molar-refractivity contribution in [2.75, 3.05) is 38.3 Å². The first kappa shape index (κ1) is 32.1. The summed E-state index contributed by atoms with van der Waals surface area (Å²) >= 11 is 1.55. The highest BCUT2D eigenvalue weighted by Gasteiger charge is 2.35. The van der Waals surface area contributed by atoms with E-state index in [2.05, 4.69) is 11.8 Å². The summed E-state index contributed by atoms with van der Waals surface area (Å²) in [7, 11) is 1.57. The van der Waals surface area contributed by atoms with Crippen molar-refractivity contribution in [1.29, 1.82) is 0 Å². The highest BCUT2D eigenvalue weighted by Crippen LogP contribution is 2.37. The molecule has 0 saturated carbocycles. The number of hydrogen-bond acceptors (Lipinski definition) is 8. The molecule has 5 rings (SSSR count). The second-order valence-corrected chi connectivity index (χ2v) is 12.9. The molecule has 236 valence electrons. The molecule has 3 aromatic rings. The van der Waals surface area contributed by atoms with Gasteiger partial charge in [0.1, 0.15) is 12.4 Å². The van der Waals surface area contributed by atoms with E-state index < -0.39 is 11.9 Å². The van der Waals surface area contributed by atoms with Crippen LogP contribution >= 0.6 is 11.3 Å². The minimum absolute atomic E-state index is 0.103. The lowest BCUT2D eigenvalue weighted by Crippen LogP contribution is -2.47. The standard InChI is InChI=1S/C35H44N2O6S/c1-22-7-5-10-29(31-21-44-35(36-31)37-16-13-30(34(39)40)32(19-37)41-4)33(22)43-20-26-11-12-28(24(3)38)27(23(26)2)9-6-8-25-14-17-42-18-15-25/h5,7,10-12,21,25,30,32H,6,8-9,13-20H2,1-4H3,(H,39,40). The van der Waals surface area contributed by atoms with Gasteiger partial charge >= 0.3 is 5.97 Å². The molecule has 0 bridgehead atoms. The number of carboxylic acids is 1. The van der Waals surface area contributed by atoms with Gasteiger partial charge in [-0.05, 0) is 93.5 Å². The maximum atomic E-state index is 12.5. The molecule has 2 aromatic carbocycles. The van der Waals surface area contributed by atoms with Gasteiger partial charge in [-0.3, -0.25) is 9.59 Å². The minimum atomic E-state index is -0.814. The Morgan fingerprint density at radius 3 is 2.66 bits per heavy atom. The smallest absolute Gasteiger partial charge is 0.309 e. The number of aliphatic carboxylic acids is 1. The number of rotatable bonds is 12. The summed E-state index contributed by atoms with van der Waals surface area (Å²) in [5, 5.41) is 12.4. The fraction of sp³-hybridized carbons (Fsp3) is 0.514. The van der Waals surface area contributed by atoms with Crippen molar-refractivity contribution in [3.63, 3.8) is 0 Å². The van der Waals surface area contributed by atoms with Crippen molar-refractivity contribution in [1.82, 2.24) is 4.98 Å². The van der Waals surface area contributed by atoms with Crippen molar-refractivity contribution in [3.05, 3.63) is 63.5 Å². The second kappa shape index (κ2) is 14.7. The van der Waals surface area contributed by atoms with Crippen molar-refractivity contribution < 1.29 is 28.9 Å². The topological polar surface area (TPSA) is 98.2 Å². The fourth-order valence-electron chi connectivity index (χ4n) is 6.56. The molecule has 0 amide bonds. The predicted molar refractivity (Wildman–Crippen MR) is 173 cm³/mol. The Morgan fingerprint density at radius 2 is 1.93 bits per heavy atom. The molecular weight excluding hydrogens is 576 g/mol. The molecule has 2 aliphatic heterocycles. The average molecular weight is 621 g/mol. The SMILES string of the molecule is COC1CN(c2nc(-c3cccc(C)c3OCc3ccc(C(C)=O)c(CCCC4CCOCC4)c3C)cs2)CCC1C(=O)O. The van der Waals surface area contributed by atoms with Crippen molar-refractivity contribution >= 4 is 28.2 Å². The van der Waals surface area contributed by atoms with Crippen LogP contribution in [0.15, 0.2) is 35.7 Å². The van der Waals surface area contributed by atoms with Crippen LogP contribution in [0.1, 0.15) is 71.6 Å². The van der Waals surface area contributed by atoms with Crippen LogP contribution in [-0.2, 0) is 27.3 Å². The monoisotopic (exact) mass is 620 g/mol. The number of hydrogen-bond donors (Lipinski definition) is 1. The number of methoxy groups -OCH3 is 1. The van der Waals surface area contributed by atoms with Gasteiger partial charge in [0.05, 0.1) is 17.7 Å². The summed E-state index contributed by atoms with van der Waals surface area (Å²) in [6.07, 6.45) is 5.50. The van der Waals surface area contributed by atoms with Gasteiger partial charge in [0, 0.05) is 49.9 Å². The summed E-state index contributed by atoms with van der Waals surface area (Å²) in [6, 6.07) is 10.1. The summed E-state index contributed by atoms with van der Waals surface area (Å²) in [5.41, 5.74) is 6.94. The van der Waals surface area contributed by atoms with E-state index in [4.69, 9.17) is 19.2 Å². The number of thiazole rings is 1. The molecular formula is C35H44N2O6S. The molecule has 9 heteroatoms. The maximum absolute atomic E-state index is 12.5. The van der Waals surface area contributed by atoms with Gasteiger partial charge in [-0.15, -0.1) is 11.3 Å². The van der Waals surface area contributed by atoms with E-state index in [9.17, 15) is 14.7 Å². The van der Waals surface area contributed by atoms with Gasteiger partial charge in [0.2, 0.25) is 0 Å².